The summed E-state index contributed by atoms with van der Waals surface area (Å²) in [5.41, 5.74) is 1.92. The van der Waals surface area contributed by atoms with Crippen molar-refractivity contribution in [2.45, 2.75) is 13.0 Å². The van der Waals surface area contributed by atoms with Crippen molar-refractivity contribution in [3.8, 4) is 22.6 Å². The lowest BCUT2D eigenvalue weighted by atomic mass is 9.99. The van der Waals surface area contributed by atoms with E-state index in [1.165, 1.54) is 19.2 Å². The third-order valence-electron chi connectivity index (χ3n) is 2.88. The highest BCUT2D eigenvalue weighted by Crippen LogP contribution is 2.36. The Morgan fingerprint density at radius 1 is 1.05 bits per heavy atom. The molecule has 6 heteroatoms. The van der Waals surface area contributed by atoms with Gasteiger partial charge < -0.3 is 14.6 Å². The van der Waals surface area contributed by atoms with E-state index in [1.54, 1.807) is 24.3 Å². The van der Waals surface area contributed by atoms with Crippen molar-refractivity contribution in [2.75, 3.05) is 7.11 Å². The zero-order valence-electron chi connectivity index (χ0n) is 11.1. The molecule has 0 atom stereocenters. The van der Waals surface area contributed by atoms with Crippen LogP contribution in [0.25, 0.3) is 11.1 Å². The van der Waals surface area contributed by atoms with Gasteiger partial charge in [0, 0.05) is 11.6 Å². The summed E-state index contributed by atoms with van der Waals surface area (Å²) in [6.07, 6.45) is -4.75. The molecule has 0 amide bonds. The second-order valence-corrected chi connectivity index (χ2v) is 4.23. The minimum Gasteiger partial charge on any atom is -0.496 e. The highest BCUT2D eigenvalue weighted by molar-refractivity contribution is 5.74. The van der Waals surface area contributed by atoms with Crippen molar-refractivity contribution < 1.29 is 27.8 Å². The lowest BCUT2D eigenvalue weighted by Gasteiger charge is -2.14. The molecule has 0 spiro atoms. The maximum atomic E-state index is 12.2. The quantitative estimate of drug-likeness (QED) is 0.934. The van der Waals surface area contributed by atoms with Crippen LogP contribution < -0.4 is 9.47 Å². The summed E-state index contributed by atoms with van der Waals surface area (Å²) in [7, 11) is 1.36. The van der Waals surface area contributed by atoms with Crippen LogP contribution in [0.3, 0.4) is 0 Å². The van der Waals surface area contributed by atoms with Crippen LogP contribution in [0.1, 0.15) is 5.56 Å². The topological polar surface area (TPSA) is 38.7 Å². The minimum absolute atomic E-state index is 0.180. The third kappa shape index (κ3) is 3.66. The van der Waals surface area contributed by atoms with Crippen LogP contribution >= 0.6 is 0 Å². The van der Waals surface area contributed by atoms with Gasteiger partial charge in [-0.2, -0.15) is 0 Å². The van der Waals surface area contributed by atoms with Crippen LogP contribution in [-0.2, 0) is 6.61 Å². The van der Waals surface area contributed by atoms with Crippen molar-refractivity contribution in [3.05, 3.63) is 48.0 Å². The Labute approximate surface area is 119 Å². The average molecular weight is 298 g/mol. The summed E-state index contributed by atoms with van der Waals surface area (Å²) < 4.78 is 45.7. The van der Waals surface area contributed by atoms with Gasteiger partial charge in [0.1, 0.15) is 11.5 Å². The summed E-state index contributed by atoms with van der Waals surface area (Å²) in [6.45, 7) is -0.180. The number of methoxy groups -OCH3 is 1. The van der Waals surface area contributed by atoms with Gasteiger partial charge in [0.15, 0.2) is 0 Å². The molecular weight excluding hydrogens is 285 g/mol. The van der Waals surface area contributed by atoms with E-state index in [2.05, 4.69) is 4.74 Å². The molecule has 2 aromatic carbocycles. The average Bonchev–Trinajstić information content (AvgIpc) is 2.45. The Kier molecular flexibility index (Phi) is 4.37. The van der Waals surface area contributed by atoms with Gasteiger partial charge in [-0.25, -0.2) is 0 Å². The largest absolute Gasteiger partial charge is 0.573 e. The molecule has 0 bridgehead atoms. The van der Waals surface area contributed by atoms with Crippen LogP contribution in [0.5, 0.6) is 11.5 Å². The Morgan fingerprint density at radius 2 is 1.76 bits per heavy atom. The zero-order valence-corrected chi connectivity index (χ0v) is 11.1. The van der Waals surface area contributed by atoms with Crippen molar-refractivity contribution in [3.63, 3.8) is 0 Å². The van der Waals surface area contributed by atoms with E-state index in [0.717, 1.165) is 6.07 Å². The number of benzene rings is 2. The lowest BCUT2D eigenvalue weighted by Crippen LogP contribution is -2.17. The first-order valence-electron chi connectivity index (χ1n) is 6.07. The molecule has 0 heterocycles. The van der Waals surface area contributed by atoms with E-state index in [-0.39, 0.29) is 18.1 Å². The number of ether oxygens (including phenoxy) is 2. The summed E-state index contributed by atoms with van der Waals surface area (Å²) >= 11 is 0. The van der Waals surface area contributed by atoms with Gasteiger partial charge in [-0.3, -0.25) is 0 Å². The maximum Gasteiger partial charge on any atom is 0.573 e. The summed E-state index contributed by atoms with van der Waals surface area (Å²) in [5, 5.41) is 9.34. The molecule has 0 saturated heterocycles. The minimum atomic E-state index is -4.75. The molecule has 112 valence electrons. The number of hydrogen-bond acceptors (Lipinski definition) is 3. The molecule has 1 N–H and O–H groups in total. The van der Waals surface area contributed by atoms with Crippen molar-refractivity contribution >= 4 is 0 Å². The maximum absolute atomic E-state index is 12.2. The number of alkyl halides is 3. The van der Waals surface area contributed by atoms with Crippen LogP contribution in [0.4, 0.5) is 13.2 Å². The van der Waals surface area contributed by atoms with Gasteiger partial charge in [-0.05, 0) is 23.3 Å². The number of halogens is 3. The van der Waals surface area contributed by atoms with E-state index >= 15 is 0 Å². The normalized spacial score (nSPS) is 11.3. The Morgan fingerprint density at radius 3 is 2.38 bits per heavy atom. The summed E-state index contributed by atoms with van der Waals surface area (Å²) in [4.78, 5) is 0. The molecule has 3 nitrogen and oxygen atoms in total. The third-order valence-corrected chi connectivity index (χ3v) is 2.88. The molecule has 2 rings (SSSR count). The number of rotatable bonds is 4. The molecule has 0 saturated carbocycles. The summed E-state index contributed by atoms with van der Waals surface area (Å²) in [5.74, 6) is -0.123. The molecule has 0 radical (unpaired) electrons. The van der Waals surface area contributed by atoms with E-state index in [1.807, 2.05) is 0 Å². The van der Waals surface area contributed by atoms with Crippen LogP contribution in [0.2, 0.25) is 0 Å². The van der Waals surface area contributed by atoms with Gasteiger partial charge in [0.05, 0.1) is 13.7 Å². The predicted molar refractivity (Wildman–Crippen MR) is 71.0 cm³/mol. The first-order valence-corrected chi connectivity index (χ1v) is 6.07. The van der Waals surface area contributed by atoms with Gasteiger partial charge >= 0.3 is 6.36 Å². The Bertz CT molecular complexity index is 624. The monoisotopic (exact) mass is 298 g/mol. The Hall–Kier alpha value is -2.21. The second kappa shape index (κ2) is 6.05. The number of aliphatic hydroxyl groups is 1. The fourth-order valence-corrected chi connectivity index (χ4v) is 2.01. The van der Waals surface area contributed by atoms with Crippen molar-refractivity contribution in [1.82, 2.24) is 0 Å². The molecule has 21 heavy (non-hydrogen) atoms. The fourth-order valence-electron chi connectivity index (χ4n) is 2.01. The van der Waals surface area contributed by atoms with E-state index in [4.69, 9.17) is 4.74 Å². The van der Waals surface area contributed by atoms with Crippen molar-refractivity contribution in [2.24, 2.45) is 0 Å². The molecule has 0 aromatic heterocycles. The standard InChI is InChI=1S/C15H13F3O3/c1-20-14-8-11(21-15(16,17)18)6-7-13(14)12-5-3-2-4-10(12)9-19/h2-8,19H,9H2,1H3. The van der Waals surface area contributed by atoms with Gasteiger partial charge in [0.25, 0.3) is 0 Å². The zero-order chi connectivity index (χ0) is 15.5. The van der Waals surface area contributed by atoms with Crippen molar-refractivity contribution in [1.29, 1.82) is 0 Å². The second-order valence-electron chi connectivity index (χ2n) is 4.23. The molecule has 0 aliphatic rings. The smallest absolute Gasteiger partial charge is 0.496 e. The van der Waals surface area contributed by atoms with E-state index in [0.29, 0.717) is 16.7 Å². The first kappa shape index (κ1) is 15.2. The highest BCUT2D eigenvalue weighted by Gasteiger charge is 2.31. The van der Waals surface area contributed by atoms with Crippen LogP contribution in [0, 0.1) is 0 Å². The van der Waals surface area contributed by atoms with Crippen LogP contribution in [-0.4, -0.2) is 18.6 Å². The fraction of sp³-hybridized carbons (Fsp3) is 0.200. The van der Waals surface area contributed by atoms with E-state index < -0.39 is 6.36 Å². The number of hydrogen-bond donors (Lipinski definition) is 1. The highest BCUT2D eigenvalue weighted by atomic mass is 19.4. The van der Waals surface area contributed by atoms with Gasteiger partial charge in [0.2, 0.25) is 0 Å². The van der Waals surface area contributed by atoms with Gasteiger partial charge in [-0.15, -0.1) is 13.2 Å². The molecule has 0 aliphatic carbocycles. The lowest BCUT2D eigenvalue weighted by molar-refractivity contribution is -0.274. The molecule has 2 aromatic rings. The first-order chi connectivity index (χ1) is 9.94. The summed E-state index contributed by atoms with van der Waals surface area (Å²) in [6, 6.07) is 10.9. The SMILES string of the molecule is COc1cc(OC(F)(F)F)ccc1-c1ccccc1CO. The van der Waals surface area contributed by atoms with Gasteiger partial charge in [-0.1, -0.05) is 24.3 Å². The molecule has 0 unspecified atom stereocenters. The van der Waals surface area contributed by atoms with Crippen LogP contribution in [0.15, 0.2) is 42.5 Å². The van der Waals surface area contributed by atoms with E-state index in [9.17, 15) is 18.3 Å². The number of aliphatic hydroxyl groups excluding tert-OH is 1. The Balaban J connectivity index is 2.45. The molecular formula is C15H13F3O3. The molecule has 0 aliphatic heterocycles. The molecule has 0 fully saturated rings. The predicted octanol–water partition coefficient (Wildman–Crippen LogP) is 3.75.